The van der Waals surface area contributed by atoms with Crippen molar-refractivity contribution in [1.29, 1.82) is 0 Å². The second-order valence-electron chi connectivity index (χ2n) is 10.7. The SMILES string of the molecule is COc1ccc(C(=O)N(CC(=O)N2CCc3sccc3C2COc2ccc(C(C)C)cc2)CC2CCCO2)cc1. The Balaban J connectivity index is 1.33. The number of nitrogens with zero attached hydrogens (tertiary/aromatic N) is 2. The molecule has 2 aliphatic rings. The van der Waals surface area contributed by atoms with Gasteiger partial charge < -0.3 is 24.0 Å². The first-order valence-corrected chi connectivity index (χ1v) is 14.9. The third kappa shape index (κ3) is 6.50. The molecule has 5 rings (SSSR count). The van der Waals surface area contributed by atoms with Crippen LogP contribution in [0.3, 0.4) is 0 Å². The fraction of sp³-hybridized carbons (Fsp3) is 0.438. The van der Waals surface area contributed by atoms with E-state index in [1.54, 1.807) is 47.6 Å². The Hall–Kier alpha value is -3.36. The maximum Gasteiger partial charge on any atom is 0.254 e. The molecule has 3 aromatic rings. The molecule has 7 nitrogen and oxygen atoms in total. The number of thiophene rings is 1. The fourth-order valence-corrected chi connectivity index (χ4v) is 6.35. The van der Waals surface area contributed by atoms with Gasteiger partial charge in [0.2, 0.25) is 5.91 Å². The van der Waals surface area contributed by atoms with Crippen LogP contribution in [0.4, 0.5) is 0 Å². The number of rotatable bonds is 10. The molecule has 8 heteroatoms. The third-order valence-electron chi connectivity index (χ3n) is 7.77. The molecule has 0 N–H and O–H groups in total. The molecule has 0 aliphatic carbocycles. The highest BCUT2D eigenvalue weighted by Crippen LogP contribution is 2.34. The summed E-state index contributed by atoms with van der Waals surface area (Å²) in [4.78, 5) is 32.3. The number of benzene rings is 2. The number of ether oxygens (including phenoxy) is 3. The molecule has 2 amide bonds. The predicted octanol–water partition coefficient (Wildman–Crippen LogP) is 5.71. The van der Waals surface area contributed by atoms with Crippen LogP contribution in [0, 0.1) is 0 Å². The quantitative estimate of drug-likeness (QED) is 0.317. The lowest BCUT2D eigenvalue weighted by molar-refractivity contribution is -0.135. The summed E-state index contributed by atoms with van der Waals surface area (Å²) in [7, 11) is 1.59. The molecule has 1 fully saturated rings. The van der Waals surface area contributed by atoms with Gasteiger partial charge in [-0.05, 0) is 84.2 Å². The Morgan fingerprint density at radius 3 is 2.50 bits per heavy atom. The van der Waals surface area contributed by atoms with Crippen molar-refractivity contribution in [3.8, 4) is 11.5 Å². The molecule has 1 aromatic heterocycles. The summed E-state index contributed by atoms with van der Waals surface area (Å²) in [5.41, 5.74) is 2.92. The van der Waals surface area contributed by atoms with Gasteiger partial charge in [-0.2, -0.15) is 0 Å². The number of carbonyl (C=O) groups excluding carboxylic acids is 2. The molecule has 0 saturated carbocycles. The predicted molar refractivity (Wildman–Crippen MR) is 156 cm³/mol. The van der Waals surface area contributed by atoms with E-state index in [1.165, 1.54) is 10.4 Å². The second-order valence-corrected chi connectivity index (χ2v) is 11.7. The van der Waals surface area contributed by atoms with Gasteiger partial charge in [0.25, 0.3) is 5.91 Å². The summed E-state index contributed by atoms with van der Waals surface area (Å²) in [5.74, 6) is 1.65. The number of hydrogen-bond donors (Lipinski definition) is 0. The monoisotopic (exact) mass is 562 g/mol. The molecule has 1 saturated heterocycles. The first kappa shape index (κ1) is 28.2. The first-order chi connectivity index (χ1) is 19.4. The summed E-state index contributed by atoms with van der Waals surface area (Å²) >= 11 is 1.73. The maximum absolute atomic E-state index is 13.9. The van der Waals surface area contributed by atoms with Crippen molar-refractivity contribution in [2.75, 3.05) is 40.0 Å². The summed E-state index contributed by atoms with van der Waals surface area (Å²) in [6, 6.07) is 17.1. The van der Waals surface area contributed by atoms with Crippen LogP contribution in [0.25, 0.3) is 0 Å². The van der Waals surface area contributed by atoms with Crippen LogP contribution >= 0.6 is 11.3 Å². The Bertz CT molecular complexity index is 1280. The van der Waals surface area contributed by atoms with E-state index in [4.69, 9.17) is 14.2 Å². The van der Waals surface area contributed by atoms with Crippen molar-refractivity contribution in [3.05, 3.63) is 81.5 Å². The minimum Gasteiger partial charge on any atom is -0.497 e. The van der Waals surface area contributed by atoms with Gasteiger partial charge in [0.15, 0.2) is 0 Å². The number of amides is 2. The number of carbonyl (C=O) groups is 2. The lowest BCUT2D eigenvalue weighted by Gasteiger charge is -2.37. The summed E-state index contributed by atoms with van der Waals surface area (Å²) in [5, 5.41) is 2.08. The molecule has 2 aliphatic heterocycles. The first-order valence-electron chi connectivity index (χ1n) is 14.1. The molecule has 2 atom stereocenters. The number of hydrogen-bond acceptors (Lipinski definition) is 6. The van der Waals surface area contributed by atoms with E-state index in [9.17, 15) is 9.59 Å². The van der Waals surface area contributed by atoms with E-state index >= 15 is 0 Å². The van der Waals surface area contributed by atoms with E-state index in [-0.39, 0.29) is 30.5 Å². The van der Waals surface area contributed by atoms with Crippen molar-refractivity contribution in [3.63, 3.8) is 0 Å². The van der Waals surface area contributed by atoms with Gasteiger partial charge in [-0.15, -0.1) is 11.3 Å². The van der Waals surface area contributed by atoms with Crippen LogP contribution in [0.1, 0.15) is 65.0 Å². The largest absolute Gasteiger partial charge is 0.497 e. The summed E-state index contributed by atoms with van der Waals surface area (Å²) in [6.07, 6.45) is 2.59. The molecular formula is C32H38N2O5S. The average molecular weight is 563 g/mol. The number of methoxy groups -OCH3 is 1. The van der Waals surface area contributed by atoms with Crippen molar-refractivity contribution in [2.45, 2.75) is 51.2 Å². The molecule has 212 valence electrons. The lowest BCUT2D eigenvalue weighted by Crippen LogP contribution is -2.49. The standard InChI is InChI=1S/C32H38N2O5S/c1-22(2)23-6-12-26(13-7-23)39-21-29-28-15-18-40-30(28)14-16-34(29)31(35)20-33(19-27-5-4-17-38-27)32(36)24-8-10-25(37-3)11-9-24/h6-13,15,18,22,27,29H,4-5,14,16-17,19-21H2,1-3H3. The Morgan fingerprint density at radius 1 is 1.07 bits per heavy atom. The van der Waals surface area contributed by atoms with Crippen LogP contribution in [0.5, 0.6) is 11.5 Å². The minimum atomic E-state index is -0.215. The lowest BCUT2D eigenvalue weighted by atomic mass is 10.00. The zero-order chi connectivity index (χ0) is 28.1. The van der Waals surface area contributed by atoms with Gasteiger partial charge in [-0.1, -0.05) is 26.0 Å². The molecule has 40 heavy (non-hydrogen) atoms. The zero-order valence-corrected chi connectivity index (χ0v) is 24.3. The molecule has 0 spiro atoms. The summed E-state index contributed by atoms with van der Waals surface area (Å²) < 4.78 is 17.3. The molecule has 2 unspecified atom stereocenters. The smallest absolute Gasteiger partial charge is 0.254 e. The minimum absolute atomic E-state index is 0.0101. The van der Waals surface area contributed by atoms with Gasteiger partial charge in [-0.25, -0.2) is 0 Å². The van der Waals surface area contributed by atoms with E-state index in [0.29, 0.717) is 43.5 Å². The van der Waals surface area contributed by atoms with E-state index < -0.39 is 0 Å². The molecular weight excluding hydrogens is 524 g/mol. The summed E-state index contributed by atoms with van der Waals surface area (Å²) in [6.45, 7) is 6.35. The second kappa shape index (κ2) is 12.9. The van der Waals surface area contributed by atoms with Crippen molar-refractivity contribution >= 4 is 23.2 Å². The van der Waals surface area contributed by atoms with Gasteiger partial charge in [-0.3, -0.25) is 9.59 Å². The Labute approximate surface area is 240 Å². The highest BCUT2D eigenvalue weighted by Gasteiger charge is 2.34. The Kier molecular flexibility index (Phi) is 9.07. The zero-order valence-electron chi connectivity index (χ0n) is 23.5. The molecule has 0 bridgehead atoms. The normalized spacial score (nSPS) is 18.4. The van der Waals surface area contributed by atoms with E-state index in [0.717, 1.165) is 30.6 Å². The Morgan fingerprint density at radius 2 is 1.82 bits per heavy atom. The highest BCUT2D eigenvalue weighted by atomic mass is 32.1. The maximum atomic E-state index is 13.9. The van der Waals surface area contributed by atoms with E-state index in [2.05, 4.69) is 37.4 Å². The van der Waals surface area contributed by atoms with Crippen LogP contribution in [-0.2, 0) is 16.0 Å². The van der Waals surface area contributed by atoms with Crippen molar-refractivity contribution < 1.29 is 23.8 Å². The average Bonchev–Trinajstić information content (AvgIpc) is 3.68. The van der Waals surface area contributed by atoms with Crippen LogP contribution in [0.15, 0.2) is 60.0 Å². The topological polar surface area (TPSA) is 68.3 Å². The molecule has 0 radical (unpaired) electrons. The van der Waals surface area contributed by atoms with Gasteiger partial charge >= 0.3 is 0 Å². The highest BCUT2D eigenvalue weighted by molar-refractivity contribution is 7.10. The third-order valence-corrected chi connectivity index (χ3v) is 8.76. The molecule has 3 heterocycles. The van der Waals surface area contributed by atoms with Crippen molar-refractivity contribution in [2.24, 2.45) is 0 Å². The number of fused-ring (bicyclic) bond motifs is 1. The van der Waals surface area contributed by atoms with Crippen LogP contribution < -0.4 is 9.47 Å². The van der Waals surface area contributed by atoms with Gasteiger partial charge in [0.1, 0.15) is 24.7 Å². The van der Waals surface area contributed by atoms with Crippen LogP contribution in [-0.4, -0.2) is 67.7 Å². The van der Waals surface area contributed by atoms with E-state index in [1.807, 2.05) is 17.0 Å². The van der Waals surface area contributed by atoms with Crippen molar-refractivity contribution in [1.82, 2.24) is 9.80 Å². The van der Waals surface area contributed by atoms with Crippen LogP contribution in [0.2, 0.25) is 0 Å². The van der Waals surface area contributed by atoms with Gasteiger partial charge in [0.05, 0.1) is 19.3 Å². The fourth-order valence-electron chi connectivity index (χ4n) is 5.42. The molecule has 2 aromatic carbocycles. The van der Waals surface area contributed by atoms with Gasteiger partial charge in [0, 0.05) is 30.1 Å².